The Balaban J connectivity index is 1.27. The molecule has 2 aromatic heterocycles. The fourth-order valence-electron chi connectivity index (χ4n) is 3.34. The number of halogens is 3. The number of hydrogen-bond donors (Lipinski definition) is 1. The lowest BCUT2D eigenvalue weighted by molar-refractivity contribution is -0.138. The van der Waals surface area contributed by atoms with Crippen molar-refractivity contribution in [1.29, 1.82) is 0 Å². The lowest BCUT2D eigenvalue weighted by Crippen LogP contribution is -2.48. The molecule has 1 N–H and O–H groups in total. The summed E-state index contributed by atoms with van der Waals surface area (Å²) >= 11 is 0. The zero-order valence-corrected chi connectivity index (χ0v) is 15.8. The molecule has 0 radical (unpaired) electrons. The number of esters is 1. The molecule has 0 saturated carbocycles. The summed E-state index contributed by atoms with van der Waals surface area (Å²) in [6, 6.07) is 3.95. The number of anilines is 2. The number of amides is 1. The third kappa shape index (κ3) is 4.51. The van der Waals surface area contributed by atoms with Gasteiger partial charge in [-0.2, -0.15) is 13.2 Å². The van der Waals surface area contributed by atoms with Crippen LogP contribution < -0.4 is 15.0 Å². The predicted molar refractivity (Wildman–Crippen MR) is 100 cm³/mol. The number of ether oxygens (including phenoxy) is 1. The summed E-state index contributed by atoms with van der Waals surface area (Å²) in [5.41, 5.74) is 0.212. The molecule has 0 unspecified atom stereocenters. The van der Waals surface area contributed by atoms with Gasteiger partial charge in [0.25, 0.3) is 0 Å². The Morgan fingerprint density at radius 1 is 1.13 bits per heavy atom. The average Bonchev–Trinajstić information content (AvgIpc) is 3.07. The number of piperazine rings is 1. The van der Waals surface area contributed by atoms with Crippen molar-refractivity contribution in [2.45, 2.75) is 12.6 Å². The number of aromatic nitrogens is 2. The molecule has 2 aliphatic rings. The van der Waals surface area contributed by atoms with Crippen LogP contribution in [0, 0.1) is 0 Å². The van der Waals surface area contributed by atoms with E-state index in [1.54, 1.807) is 6.07 Å². The van der Waals surface area contributed by atoms with E-state index in [1.807, 2.05) is 9.80 Å². The molecule has 1 amide bonds. The van der Waals surface area contributed by atoms with Crippen LogP contribution >= 0.6 is 0 Å². The highest BCUT2D eigenvalue weighted by molar-refractivity contribution is 5.92. The van der Waals surface area contributed by atoms with E-state index in [4.69, 9.17) is 4.74 Å². The predicted octanol–water partition coefficient (Wildman–Crippen LogP) is 1.72. The topological polar surface area (TPSA) is 87.7 Å². The molecule has 0 aromatic carbocycles. The molecule has 1 fully saturated rings. The molecule has 11 heteroatoms. The highest BCUT2D eigenvalue weighted by Gasteiger charge is 2.31. The Morgan fingerprint density at radius 3 is 2.57 bits per heavy atom. The molecule has 1 saturated heterocycles. The standard InChI is InChI=1S/C19H18F3N5O3/c20-19(21,22)12-1-2-16(24-9-12)27-5-3-26(4-6-27)11-17(28)25-13-7-15-14(23-10-13)8-18(29)30-15/h1-2,7,9-10H,3-6,8,11H2,(H,25,28). The van der Waals surface area contributed by atoms with Crippen LogP contribution in [0.25, 0.3) is 0 Å². The summed E-state index contributed by atoms with van der Waals surface area (Å²) in [4.78, 5) is 35.4. The van der Waals surface area contributed by atoms with E-state index in [9.17, 15) is 22.8 Å². The number of hydrogen-bond acceptors (Lipinski definition) is 7. The highest BCUT2D eigenvalue weighted by atomic mass is 19.4. The SMILES string of the molecule is O=C(CN1CCN(c2ccc(C(F)(F)F)cn2)CC1)Nc1cnc2c(c1)OC(=O)C2. The molecule has 4 rings (SSSR count). The van der Waals surface area contributed by atoms with Crippen molar-refractivity contribution in [3.8, 4) is 5.75 Å². The maximum Gasteiger partial charge on any atom is 0.417 e. The Bertz CT molecular complexity index is 957. The van der Waals surface area contributed by atoms with Crippen molar-refractivity contribution in [1.82, 2.24) is 14.9 Å². The van der Waals surface area contributed by atoms with Crippen LogP contribution in [0.5, 0.6) is 5.75 Å². The van der Waals surface area contributed by atoms with Gasteiger partial charge in [0.1, 0.15) is 5.82 Å². The molecule has 0 aliphatic carbocycles. The van der Waals surface area contributed by atoms with E-state index in [2.05, 4.69) is 15.3 Å². The van der Waals surface area contributed by atoms with Crippen molar-refractivity contribution in [2.24, 2.45) is 0 Å². The normalized spacial score (nSPS) is 16.9. The van der Waals surface area contributed by atoms with Gasteiger partial charge in [-0.15, -0.1) is 0 Å². The first-order chi connectivity index (χ1) is 14.3. The fraction of sp³-hybridized carbons (Fsp3) is 0.368. The van der Waals surface area contributed by atoms with Gasteiger partial charge in [0.2, 0.25) is 5.91 Å². The maximum atomic E-state index is 12.6. The first-order valence-corrected chi connectivity index (χ1v) is 9.28. The third-order valence-electron chi connectivity index (χ3n) is 4.89. The van der Waals surface area contributed by atoms with Crippen LogP contribution in [0.1, 0.15) is 11.3 Å². The quantitative estimate of drug-likeness (QED) is 0.752. The first-order valence-electron chi connectivity index (χ1n) is 9.28. The maximum absolute atomic E-state index is 12.6. The summed E-state index contributed by atoms with van der Waals surface area (Å²) in [5, 5.41) is 2.73. The van der Waals surface area contributed by atoms with Crippen LogP contribution in [0.15, 0.2) is 30.6 Å². The van der Waals surface area contributed by atoms with E-state index in [0.717, 1.165) is 12.3 Å². The van der Waals surface area contributed by atoms with Crippen molar-refractivity contribution in [2.75, 3.05) is 42.9 Å². The van der Waals surface area contributed by atoms with Gasteiger partial charge in [-0.05, 0) is 12.1 Å². The van der Waals surface area contributed by atoms with Crippen molar-refractivity contribution in [3.05, 3.63) is 41.9 Å². The fourth-order valence-corrected chi connectivity index (χ4v) is 3.34. The van der Waals surface area contributed by atoms with Crippen LogP contribution in [-0.4, -0.2) is 59.5 Å². The number of alkyl halides is 3. The second-order valence-corrected chi connectivity index (χ2v) is 7.03. The number of nitrogens with one attached hydrogen (secondary N) is 1. The Labute approximate surface area is 169 Å². The molecular formula is C19H18F3N5O3. The zero-order valence-electron chi connectivity index (χ0n) is 15.8. The second-order valence-electron chi connectivity index (χ2n) is 7.03. The molecule has 0 spiro atoms. The van der Waals surface area contributed by atoms with Crippen LogP contribution in [-0.2, 0) is 22.2 Å². The van der Waals surface area contributed by atoms with Crippen molar-refractivity contribution in [3.63, 3.8) is 0 Å². The van der Waals surface area contributed by atoms with Gasteiger partial charge in [-0.25, -0.2) is 4.98 Å². The minimum Gasteiger partial charge on any atom is -0.424 e. The van der Waals surface area contributed by atoms with E-state index in [1.165, 1.54) is 12.3 Å². The van der Waals surface area contributed by atoms with Crippen LogP contribution in [0.3, 0.4) is 0 Å². The Hall–Kier alpha value is -3.21. The van der Waals surface area contributed by atoms with Gasteiger partial charge >= 0.3 is 12.1 Å². The lowest BCUT2D eigenvalue weighted by Gasteiger charge is -2.35. The summed E-state index contributed by atoms with van der Waals surface area (Å²) in [6.45, 7) is 2.38. The Kier molecular flexibility index (Phi) is 5.29. The minimum atomic E-state index is -4.41. The van der Waals surface area contributed by atoms with E-state index in [-0.39, 0.29) is 24.8 Å². The van der Waals surface area contributed by atoms with E-state index < -0.39 is 11.7 Å². The van der Waals surface area contributed by atoms with Gasteiger partial charge in [0.05, 0.1) is 36.1 Å². The van der Waals surface area contributed by atoms with Gasteiger partial charge in [0.15, 0.2) is 5.75 Å². The van der Waals surface area contributed by atoms with E-state index in [0.29, 0.717) is 49.1 Å². The molecule has 158 valence electrons. The number of pyridine rings is 2. The van der Waals surface area contributed by atoms with Gasteiger partial charge < -0.3 is 15.0 Å². The number of rotatable bonds is 4. The largest absolute Gasteiger partial charge is 0.424 e. The third-order valence-corrected chi connectivity index (χ3v) is 4.89. The van der Waals surface area contributed by atoms with Gasteiger partial charge in [-0.3, -0.25) is 19.5 Å². The zero-order chi connectivity index (χ0) is 21.3. The summed E-state index contributed by atoms with van der Waals surface area (Å²) in [7, 11) is 0. The highest BCUT2D eigenvalue weighted by Crippen LogP contribution is 2.29. The second kappa shape index (κ2) is 7.90. The number of fused-ring (bicyclic) bond motifs is 1. The molecule has 0 bridgehead atoms. The molecule has 8 nitrogen and oxygen atoms in total. The van der Waals surface area contributed by atoms with Crippen LogP contribution in [0.2, 0.25) is 0 Å². The number of carbonyl (C=O) groups is 2. The summed E-state index contributed by atoms with van der Waals surface area (Å²) < 4.78 is 43.0. The van der Waals surface area contributed by atoms with Gasteiger partial charge in [0, 0.05) is 38.4 Å². The van der Waals surface area contributed by atoms with Crippen LogP contribution in [0.4, 0.5) is 24.7 Å². The van der Waals surface area contributed by atoms with Gasteiger partial charge in [-0.1, -0.05) is 0 Å². The van der Waals surface area contributed by atoms with Crippen molar-refractivity contribution >= 4 is 23.4 Å². The number of carbonyl (C=O) groups excluding carboxylic acids is 2. The smallest absolute Gasteiger partial charge is 0.417 e. The molecular weight excluding hydrogens is 403 g/mol. The minimum absolute atomic E-state index is 0.127. The first kappa shape index (κ1) is 20.1. The molecule has 0 atom stereocenters. The van der Waals surface area contributed by atoms with Crippen molar-refractivity contribution < 1.29 is 27.5 Å². The monoisotopic (exact) mass is 421 g/mol. The summed E-state index contributed by atoms with van der Waals surface area (Å²) in [6.07, 6.45) is -1.97. The van der Waals surface area contributed by atoms with E-state index >= 15 is 0 Å². The molecule has 4 heterocycles. The summed E-state index contributed by atoms with van der Waals surface area (Å²) in [5.74, 6) is 0.227. The average molecular weight is 421 g/mol. The molecule has 2 aliphatic heterocycles. The molecule has 2 aromatic rings. The Morgan fingerprint density at radius 2 is 1.90 bits per heavy atom. The molecule has 30 heavy (non-hydrogen) atoms. The number of nitrogens with zero attached hydrogens (tertiary/aromatic N) is 4. The lowest BCUT2D eigenvalue weighted by atomic mass is 10.2.